The van der Waals surface area contributed by atoms with E-state index in [4.69, 9.17) is 23.2 Å². The number of ether oxygens (including phenoxy) is 1. The molecule has 0 heterocycles. The number of halogens is 5. The van der Waals surface area contributed by atoms with Crippen molar-refractivity contribution >= 4 is 29.1 Å². The quantitative estimate of drug-likeness (QED) is 0.833. The van der Waals surface area contributed by atoms with Gasteiger partial charge in [-0.3, -0.25) is 4.79 Å². The summed E-state index contributed by atoms with van der Waals surface area (Å²) in [4.78, 5) is 11.7. The Morgan fingerprint density at radius 2 is 2.10 bits per heavy atom. The Labute approximate surface area is 129 Å². The van der Waals surface area contributed by atoms with E-state index in [9.17, 15) is 18.0 Å². The van der Waals surface area contributed by atoms with Crippen LogP contribution in [-0.2, 0) is 11.3 Å². The lowest BCUT2D eigenvalue weighted by Crippen LogP contribution is -2.26. The molecule has 0 saturated heterocycles. The van der Waals surface area contributed by atoms with Crippen LogP contribution in [0.3, 0.4) is 0 Å². The zero-order valence-electron chi connectivity index (χ0n) is 10.7. The minimum absolute atomic E-state index is 0.0922. The predicted octanol–water partition coefficient (Wildman–Crippen LogP) is 3.44. The summed E-state index contributed by atoms with van der Waals surface area (Å²) in [6, 6.07) is 6.08. The van der Waals surface area contributed by atoms with Gasteiger partial charge >= 0.3 is 6.18 Å². The minimum atomic E-state index is -4.39. The normalized spacial score (nSPS) is 20.0. The third-order valence-electron chi connectivity index (χ3n) is 2.91. The van der Waals surface area contributed by atoms with Crippen molar-refractivity contribution in [3.63, 3.8) is 0 Å². The molecular weight excluding hydrogens is 330 g/mol. The molecule has 1 amide bonds. The molecule has 1 N–H and O–H groups in total. The van der Waals surface area contributed by atoms with Crippen molar-refractivity contribution in [1.82, 2.24) is 5.32 Å². The van der Waals surface area contributed by atoms with E-state index in [0.717, 1.165) is 0 Å². The van der Waals surface area contributed by atoms with E-state index in [-0.39, 0.29) is 18.2 Å². The van der Waals surface area contributed by atoms with Gasteiger partial charge in [0.1, 0.15) is 10.1 Å². The maximum Gasteiger partial charge on any atom is 0.422 e. The Bertz CT molecular complexity index is 534. The highest BCUT2D eigenvalue weighted by molar-refractivity contribution is 6.52. The molecule has 8 heteroatoms. The van der Waals surface area contributed by atoms with Crippen molar-refractivity contribution in [1.29, 1.82) is 0 Å². The number of amides is 1. The number of carbonyl (C=O) groups is 1. The molecule has 0 aliphatic heterocycles. The van der Waals surface area contributed by atoms with Crippen LogP contribution in [0, 0.1) is 5.92 Å². The predicted molar refractivity (Wildman–Crippen MR) is 72.4 cm³/mol. The number of benzene rings is 1. The zero-order valence-corrected chi connectivity index (χ0v) is 12.2. The van der Waals surface area contributed by atoms with Gasteiger partial charge in [-0.05, 0) is 24.1 Å². The molecule has 1 fully saturated rings. The van der Waals surface area contributed by atoms with Crippen LogP contribution in [0.5, 0.6) is 5.75 Å². The first kappa shape index (κ1) is 16.2. The average molecular weight is 342 g/mol. The summed E-state index contributed by atoms with van der Waals surface area (Å²) in [5.74, 6) is -0.623. The molecule has 21 heavy (non-hydrogen) atoms. The number of hydrogen-bond donors (Lipinski definition) is 1. The monoisotopic (exact) mass is 341 g/mol. The first-order valence-corrected chi connectivity index (χ1v) is 6.87. The van der Waals surface area contributed by atoms with Crippen LogP contribution in [0.4, 0.5) is 13.2 Å². The third kappa shape index (κ3) is 4.97. The highest BCUT2D eigenvalue weighted by atomic mass is 35.5. The van der Waals surface area contributed by atoms with Crippen LogP contribution in [0.2, 0.25) is 0 Å². The Kier molecular flexibility index (Phi) is 4.58. The van der Waals surface area contributed by atoms with Gasteiger partial charge in [-0.2, -0.15) is 13.2 Å². The fourth-order valence-corrected chi connectivity index (χ4v) is 2.23. The topological polar surface area (TPSA) is 38.3 Å². The third-order valence-corrected chi connectivity index (χ3v) is 3.75. The van der Waals surface area contributed by atoms with Crippen LogP contribution in [0.1, 0.15) is 12.0 Å². The lowest BCUT2D eigenvalue weighted by Gasteiger charge is -2.10. The van der Waals surface area contributed by atoms with Gasteiger partial charge in [-0.1, -0.05) is 12.1 Å². The van der Waals surface area contributed by atoms with Gasteiger partial charge < -0.3 is 10.1 Å². The minimum Gasteiger partial charge on any atom is -0.484 e. The van der Waals surface area contributed by atoms with Gasteiger partial charge in [0, 0.05) is 6.54 Å². The smallest absolute Gasteiger partial charge is 0.422 e. The number of alkyl halides is 5. The van der Waals surface area contributed by atoms with Crippen molar-refractivity contribution in [3.05, 3.63) is 29.8 Å². The van der Waals surface area contributed by atoms with E-state index >= 15 is 0 Å². The number of rotatable bonds is 5. The van der Waals surface area contributed by atoms with E-state index in [2.05, 4.69) is 10.1 Å². The van der Waals surface area contributed by atoms with Crippen LogP contribution in [0.25, 0.3) is 0 Å². The van der Waals surface area contributed by atoms with Crippen molar-refractivity contribution in [2.75, 3.05) is 6.61 Å². The van der Waals surface area contributed by atoms with Crippen molar-refractivity contribution in [3.8, 4) is 5.75 Å². The Morgan fingerprint density at radius 1 is 1.43 bits per heavy atom. The molecule has 0 bridgehead atoms. The lowest BCUT2D eigenvalue weighted by atomic mass is 10.2. The van der Waals surface area contributed by atoms with E-state index in [1.54, 1.807) is 12.1 Å². The molecule has 1 aromatic carbocycles. The molecule has 1 unspecified atom stereocenters. The average Bonchev–Trinajstić information content (AvgIpc) is 3.03. The summed E-state index contributed by atoms with van der Waals surface area (Å²) in [6.07, 6.45) is -3.99. The largest absolute Gasteiger partial charge is 0.484 e. The Balaban J connectivity index is 1.85. The van der Waals surface area contributed by atoms with Gasteiger partial charge in [-0.25, -0.2) is 0 Å². The molecule has 0 radical (unpaired) electrons. The molecule has 1 saturated carbocycles. The van der Waals surface area contributed by atoms with Gasteiger partial charge in [0.15, 0.2) is 6.61 Å². The Hall–Kier alpha value is -1.14. The summed E-state index contributed by atoms with van der Waals surface area (Å²) >= 11 is 11.5. The van der Waals surface area contributed by atoms with Crippen LogP contribution < -0.4 is 10.1 Å². The van der Waals surface area contributed by atoms with E-state index in [1.165, 1.54) is 12.1 Å². The second-order valence-electron chi connectivity index (χ2n) is 4.79. The van der Waals surface area contributed by atoms with E-state index in [1.807, 2.05) is 0 Å². The molecule has 1 aliphatic rings. The van der Waals surface area contributed by atoms with Gasteiger partial charge in [0.25, 0.3) is 0 Å². The SMILES string of the molecule is O=C(NCc1cccc(OCC(F)(F)F)c1)C1CC1(Cl)Cl. The van der Waals surface area contributed by atoms with Gasteiger partial charge in [0.05, 0.1) is 5.92 Å². The molecule has 0 spiro atoms. The molecule has 1 aromatic rings. The van der Waals surface area contributed by atoms with Crippen molar-refractivity contribution in [2.45, 2.75) is 23.5 Å². The summed E-state index contributed by atoms with van der Waals surface area (Å²) in [5.41, 5.74) is 0.624. The van der Waals surface area contributed by atoms with Crippen LogP contribution >= 0.6 is 23.2 Å². The highest BCUT2D eigenvalue weighted by Gasteiger charge is 2.56. The fraction of sp³-hybridized carbons (Fsp3) is 0.462. The zero-order chi connectivity index (χ0) is 15.7. The van der Waals surface area contributed by atoms with Crippen molar-refractivity contribution < 1.29 is 22.7 Å². The molecule has 116 valence electrons. The fourth-order valence-electron chi connectivity index (χ4n) is 1.72. The lowest BCUT2D eigenvalue weighted by molar-refractivity contribution is -0.153. The van der Waals surface area contributed by atoms with Crippen LogP contribution in [0.15, 0.2) is 24.3 Å². The Morgan fingerprint density at radius 3 is 2.67 bits per heavy atom. The van der Waals surface area contributed by atoms with Crippen LogP contribution in [-0.4, -0.2) is 23.0 Å². The summed E-state index contributed by atoms with van der Waals surface area (Å²) < 4.78 is 39.8. The first-order chi connectivity index (χ1) is 9.67. The van der Waals surface area contributed by atoms with Crippen molar-refractivity contribution in [2.24, 2.45) is 5.92 Å². The molecule has 2 rings (SSSR count). The second kappa shape index (κ2) is 5.93. The highest BCUT2D eigenvalue weighted by Crippen LogP contribution is 2.53. The summed E-state index contributed by atoms with van der Waals surface area (Å²) in [7, 11) is 0. The van der Waals surface area contributed by atoms with Gasteiger partial charge in [-0.15, -0.1) is 23.2 Å². The van der Waals surface area contributed by atoms with E-state index in [0.29, 0.717) is 12.0 Å². The molecular formula is C13H12Cl2F3NO2. The number of hydrogen-bond acceptors (Lipinski definition) is 2. The molecule has 1 atom stereocenters. The summed E-state index contributed by atoms with van der Waals surface area (Å²) in [6.45, 7) is -1.19. The standard InChI is InChI=1S/C13H12Cl2F3NO2/c14-12(15)5-10(12)11(20)19-6-8-2-1-3-9(4-8)21-7-13(16,17)18/h1-4,10H,5-7H2,(H,19,20). The second-order valence-corrected chi connectivity index (χ2v) is 6.33. The van der Waals surface area contributed by atoms with Gasteiger partial charge in [0.2, 0.25) is 5.91 Å². The molecule has 3 nitrogen and oxygen atoms in total. The summed E-state index contributed by atoms with van der Waals surface area (Å²) in [5, 5.41) is 2.63. The number of nitrogens with one attached hydrogen (secondary N) is 1. The van der Waals surface area contributed by atoms with E-state index < -0.39 is 23.0 Å². The maximum atomic E-state index is 12.1. The molecule has 0 aromatic heterocycles. The first-order valence-electron chi connectivity index (χ1n) is 6.11. The maximum absolute atomic E-state index is 12.1. The number of carbonyl (C=O) groups excluding carboxylic acids is 1. The molecule has 1 aliphatic carbocycles.